The van der Waals surface area contributed by atoms with E-state index in [1.807, 2.05) is 0 Å². The van der Waals surface area contributed by atoms with Crippen molar-refractivity contribution >= 4 is 0 Å². The molecule has 1 N–H and O–H groups in total. The molecule has 3 heterocycles. The molecule has 0 spiro atoms. The zero-order valence-corrected chi connectivity index (χ0v) is 13.3. The van der Waals surface area contributed by atoms with Crippen LogP contribution in [0.4, 0.5) is 0 Å². The highest BCUT2D eigenvalue weighted by Gasteiger charge is 2.34. The highest BCUT2D eigenvalue weighted by Crippen LogP contribution is 2.27. The van der Waals surface area contributed by atoms with Gasteiger partial charge in [-0.2, -0.15) is 0 Å². The molecule has 0 aromatic rings. The number of piperidine rings is 2. The number of fused-ring (bicyclic) bond motifs is 1. The minimum Gasteiger partial charge on any atom is -0.312 e. The molecule has 3 heteroatoms. The molecule has 3 nitrogen and oxygen atoms in total. The molecule has 3 aliphatic heterocycles. The lowest BCUT2D eigenvalue weighted by Gasteiger charge is -2.34. The molecule has 3 unspecified atom stereocenters. The summed E-state index contributed by atoms with van der Waals surface area (Å²) in [5.74, 6) is 0. The largest absolute Gasteiger partial charge is 0.312 e. The Morgan fingerprint density at radius 1 is 0.950 bits per heavy atom. The number of rotatable bonds is 5. The maximum atomic E-state index is 3.87. The summed E-state index contributed by atoms with van der Waals surface area (Å²) in [6.07, 6.45) is 11.3. The highest BCUT2D eigenvalue weighted by molar-refractivity contribution is 4.93. The van der Waals surface area contributed by atoms with Crippen LogP contribution in [0.3, 0.4) is 0 Å². The van der Waals surface area contributed by atoms with E-state index in [0.29, 0.717) is 0 Å². The summed E-state index contributed by atoms with van der Waals surface area (Å²) in [7, 11) is 0. The SMILES string of the molecule is CC1CCCCN1CCCNC1CCN2CCCCC12. The monoisotopic (exact) mass is 279 g/mol. The standard InChI is InChI=1S/C17H33N3/c1-15-7-2-4-11-19(15)13-6-10-18-16-9-14-20-12-5-3-8-17(16)20/h15-18H,2-14H2,1H3. The topological polar surface area (TPSA) is 18.5 Å². The lowest BCUT2D eigenvalue weighted by Crippen LogP contribution is -2.45. The maximum Gasteiger partial charge on any atom is 0.0249 e. The van der Waals surface area contributed by atoms with Crippen LogP contribution in [-0.4, -0.2) is 60.6 Å². The summed E-state index contributed by atoms with van der Waals surface area (Å²) >= 11 is 0. The Morgan fingerprint density at radius 2 is 1.80 bits per heavy atom. The fourth-order valence-electron chi connectivity index (χ4n) is 4.54. The second-order valence-corrected chi connectivity index (χ2v) is 7.18. The van der Waals surface area contributed by atoms with Crippen LogP contribution in [0.5, 0.6) is 0 Å². The van der Waals surface area contributed by atoms with Gasteiger partial charge in [-0.05, 0) is 71.6 Å². The van der Waals surface area contributed by atoms with Crippen LogP contribution in [0, 0.1) is 0 Å². The van der Waals surface area contributed by atoms with E-state index >= 15 is 0 Å². The fourth-order valence-corrected chi connectivity index (χ4v) is 4.54. The van der Waals surface area contributed by atoms with Gasteiger partial charge < -0.3 is 10.2 Å². The zero-order valence-electron chi connectivity index (χ0n) is 13.3. The van der Waals surface area contributed by atoms with E-state index in [0.717, 1.165) is 18.1 Å². The lowest BCUT2D eigenvalue weighted by atomic mass is 9.99. The van der Waals surface area contributed by atoms with Gasteiger partial charge in [0.1, 0.15) is 0 Å². The molecule has 0 amide bonds. The van der Waals surface area contributed by atoms with Gasteiger partial charge in [-0.25, -0.2) is 0 Å². The third kappa shape index (κ3) is 3.55. The highest BCUT2D eigenvalue weighted by atomic mass is 15.2. The Bertz CT molecular complexity index is 294. The molecule has 116 valence electrons. The Kier molecular flexibility index (Phi) is 5.36. The first-order valence-electron chi connectivity index (χ1n) is 9.06. The third-order valence-corrected chi connectivity index (χ3v) is 5.83. The van der Waals surface area contributed by atoms with Gasteiger partial charge >= 0.3 is 0 Å². The van der Waals surface area contributed by atoms with Gasteiger partial charge in [-0.15, -0.1) is 0 Å². The molecule has 3 saturated heterocycles. The van der Waals surface area contributed by atoms with Crippen LogP contribution in [-0.2, 0) is 0 Å². The maximum absolute atomic E-state index is 3.87. The molecular weight excluding hydrogens is 246 g/mol. The van der Waals surface area contributed by atoms with Crippen molar-refractivity contribution in [3.63, 3.8) is 0 Å². The predicted molar refractivity (Wildman–Crippen MR) is 85.1 cm³/mol. The van der Waals surface area contributed by atoms with E-state index in [1.54, 1.807) is 0 Å². The van der Waals surface area contributed by atoms with Gasteiger partial charge in [0.2, 0.25) is 0 Å². The fraction of sp³-hybridized carbons (Fsp3) is 1.00. The minimum absolute atomic E-state index is 0.786. The van der Waals surface area contributed by atoms with Gasteiger partial charge in [0.15, 0.2) is 0 Å². The van der Waals surface area contributed by atoms with Crippen molar-refractivity contribution in [3.8, 4) is 0 Å². The smallest absolute Gasteiger partial charge is 0.0249 e. The van der Waals surface area contributed by atoms with Crippen molar-refractivity contribution < 1.29 is 0 Å². The molecule has 3 aliphatic rings. The summed E-state index contributed by atoms with van der Waals surface area (Å²) in [6.45, 7) is 8.96. The van der Waals surface area contributed by atoms with Crippen LogP contribution in [0.2, 0.25) is 0 Å². The summed E-state index contributed by atoms with van der Waals surface area (Å²) in [6, 6.07) is 2.47. The molecule has 0 bridgehead atoms. The molecule has 3 atom stereocenters. The van der Waals surface area contributed by atoms with Gasteiger partial charge in [0, 0.05) is 24.7 Å². The van der Waals surface area contributed by atoms with Crippen molar-refractivity contribution in [3.05, 3.63) is 0 Å². The molecule has 0 aromatic carbocycles. The summed E-state index contributed by atoms with van der Waals surface area (Å²) in [5.41, 5.74) is 0. The quantitative estimate of drug-likeness (QED) is 0.780. The third-order valence-electron chi connectivity index (χ3n) is 5.83. The van der Waals surface area contributed by atoms with Crippen molar-refractivity contribution in [1.82, 2.24) is 15.1 Å². The van der Waals surface area contributed by atoms with Crippen LogP contribution < -0.4 is 5.32 Å². The predicted octanol–water partition coefficient (Wildman–Crippen LogP) is 2.47. The molecule has 20 heavy (non-hydrogen) atoms. The van der Waals surface area contributed by atoms with E-state index in [1.165, 1.54) is 84.1 Å². The second-order valence-electron chi connectivity index (χ2n) is 7.18. The first-order valence-corrected chi connectivity index (χ1v) is 9.06. The molecule has 0 aliphatic carbocycles. The van der Waals surface area contributed by atoms with E-state index in [9.17, 15) is 0 Å². The molecule has 0 aromatic heterocycles. The average molecular weight is 279 g/mol. The first kappa shape index (κ1) is 14.8. The Morgan fingerprint density at radius 3 is 2.70 bits per heavy atom. The number of nitrogens with zero attached hydrogens (tertiary/aromatic N) is 2. The molecule has 3 rings (SSSR count). The van der Waals surface area contributed by atoms with E-state index in [2.05, 4.69) is 22.0 Å². The summed E-state index contributed by atoms with van der Waals surface area (Å²) in [4.78, 5) is 5.43. The van der Waals surface area contributed by atoms with E-state index in [4.69, 9.17) is 0 Å². The summed E-state index contributed by atoms with van der Waals surface area (Å²) < 4.78 is 0. The van der Waals surface area contributed by atoms with Crippen molar-refractivity contribution in [2.75, 3.05) is 32.7 Å². The molecule has 0 radical (unpaired) electrons. The molecule has 0 saturated carbocycles. The van der Waals surface area contributed by atoms with Crippen LogP contribution in [0.25, 0.3) is 0 Å². The van der Waals surface area contributed by atoms with Gasteiger partial charge in [-0.1, -0.05) is 12.8 Å². The van der Waals surface area contributed by atoms with E-state index in [-0.39, 0.29) is 0 Å². The second kappa shape index (κ2) is 7.24. The number of likely N-dealkylation sites (tertiary alicyclic amines) is 1. The first-order chi connectivity index (χ1) is 9.84. The van der Waals surface area contributed by atoms with Crippen molar-refractivity contribution in [2.45, 2.75) is 76.4 Å². The normalized spacial score (nSPS) is 36.1. The van der Waals surface area contributed by atoms with Gasteiger partial charge in [0.25, 0.3) is 0 Å². The number of hydrogen-bond acceptors (Lipinski definition) is 3. The Hall–Kier alpha value is -0.120. The van der Waals surface area contributed by atoms with Crippen molar-refractivity contribution in [2.24, 2.45) is 0 Å². The van der Waals surface area contributed by atoms with Crippen LogP contribution >= 0.6 is 0 Å². The van der Waals surface area contributed by atoms with Gasteiger partial charge in [-0.3, -0.25) is 4.90 Å². The minimum atomic E-state index is 0.786. The average Bonchev–Trinajstić information content (AvgIpc) is 2.89. The van der Waals surface area contributed by atoms with Crippen LogP contribution in [0.1, 0.15) is 58.3 Å². The Balaban J connectivity index is 1.33. The number of nitrogens with one attached hydrogen (secondary N) is 1. The molecule has 3 fully saturated rings. The summed E-state index contributed by atoms with van der Waals surface area (Å²) in [5, 5.41) is 3.87. The zero-order chi connectivity index (χ0) is 13.8. The van der Waals surface area contributed by atoms with Crippen LogP contribution in [0.15, 0.2) is 0 Å². The van der Waals surface area contributed by atoms with E-state index < -0.39 is 0 Å². The number of hydrogen-bond donors (Lipinski definition) is 1. The Labute approximate surface area is 125 Å². The van der Waals surface area contributed by atoms with Gasteiger partial charge in [0.05, 0.1) is 0 Å². The lowest BCUT2D eigenvalue weighted by molar-refractivity contribution is 0.155. The molecular formula is C17H33N3. The van der Waals surface area contributed by atoms with Crippen molar-refractivity contribution in [1.29, 1.82) is 0 Å².